The summed E-state index contributed by atoms with van der Waals surface area (Å²) >= 11 is 1.36. The van der Waals surface area contributed by atoms with E-state index in [1.807, 2.05) is 13.0 Å². The number of methoxy groups -OCH3 is 1. The summed E-state index contributed by atoms with van der Waals surface area (Å²) in [5, 5.41) is 3.20. The molecule has 0 spiro atoms. The van der Waals surface area contributed by atoms with Crippen molar-refractivity contribution >= 4 is 28.2 Å². The standard InChI is InChI=1S/C18H21NO5S/c1-4-12-10-13(18(21)23-5-2)17(25-12)19-16(20)11-24-15-9-7-6-8-14(15)22-3/h6-10H,4-5,11H2,1-3H3,(H,19,20). The molecule has 1 heterocycles. The Bertz CT molecular complexity index is 741. The maximum atomic E-state index is 12.2. The molecule has 1 aromatic heterocycles. The first kappa shape index (κ1) is 18.8. The van der Waals surface area contributed by atoms with E-state index in [2.05, 4.69) is 5.32 Å². The number of benzene rings is 1. The molecule has 25 heavy (non-hydrogen) atoms. The van der Waals surface area contributed by atoms with Crippen molar-refractivity contribution in [2.75, 3.05) is 25.6 Å². The van der Waals surface area contributed by atoms with Crippen molar-refractivity contribution in [1.29, 1.82) is 0 Å². The Morgan fingerprint density at radius 3 is 2.52 bits per heavy atom. The summed E-state index contributed by atoms with van der Waals surface area (Å²) in [6.45, 7) is 3.81. The van der Waals surface area contributed by atoms with Gasteiger partial charge in [-0.2, -0.15) is 0 Å². The number of anilines is 1. The summed E-state index contributed by atoms with van der Waals surface area (Å²) in [6, 6.07) is 8.82. The number of carbonyl (C=O) groups excluding carboxylic acids is 2. The van der Waals surface area contributed by atoms with Crippen molar-refractivity contribution in [3.8, 4) is 11.5 Å². The molecular weight excluding hydrogens is 342 g/mol. The molecule has 0 saturated heterocycles. The second kappa shape index (κ2) is 9.08. The Hall–Kier alpha value is -2.54. The Kier molecular flexibility index (Phi) is 6.82. The van der Waals surface area contributed by atoms with E-state index in [4.69, 9.17) is 14.2 Å². The van der Waals surface area contributed by atoms with Crippen molar-refractivity contribution in [2.24, 2.45) is 0 Å². The van der Waals surface area contributed by atoms with Gasteiger partial charge in [0.05, 0.1) is 19.3 Å². The van der Waals surface area contributed by atoms with Crippen molar-refractivity contribution in [1.82, 2.24) is 0 Å². The van der Waals surface area contributed by atoms with Crippen LogP contribution in [0.15, 0.2) is 30.3 Å². The molecular formula is C18H21NO5S. The minimum atomic E-state index is -0.445. The second-order valence-electron chi connectivity index (χ2n) is 5.02. The third-order valence-electron chi connectivity index (χ3n) is 3.31. The zero-order chi connectivity index (χ0) is 18.2. The number of amides is 1. The molecule has 0 unspecified atom stereocenters. The smallest absolute Gasteiger partial charge is 0.341 e. The maximum Gasteiger partial charge on any atom is 0.341 e. The molecule has 1 aromatic carbocycles. The van der Waals surface area contributed by atoms with Crippen LogP contribution in [0.25, 0.3) is 0 Å². The van der Waals surface area contributed by atoms with Gasteiger partial charge in [-0.05, 0) is 31.5 Å². The van der Waals surface area contributed by atoms with Gasteiger partial charge in [-0.25, -0.2) is 4.79 Å². The summed E-state index contributed by atoms with van der Waals surface area (Å²) in [7, 11) is 1.53. The lowest BCUT2D eigenvalue weighted by Crippen LogP contribution is -2.21. The fraction of sp³-hybridized carbons (Fsp3) is 0.333. The van der Waals surface area contributed by atoms with Gasteiger partial charge in [0.25, 0.3) is 5.91 Å². The maximum absolute atomic E-state index is 12.2. The second-order valence-corrected chi connectivity index (χ2v) is 6.15. The predicted octanol–water partition coefficient (Wildman–Crippen LogP) is 3.51. The topological polar surface area (TPSA) is 73.9 Å². The van der Waals surface area contributed by atoms with Crippen molar-refractivity contribution in [3.05, 3.63) is 40.8 Å². The number of para-hydroxylation sites is 2. The highest BCUT2D eigenvalue weighted by atomic mass is 32.1. The Balaban J connectivity index is 2.04. The van der Waals surface area contributed by atoms with Crippen LogP contribution in [0.3, 0.4) is 0 Å². The van der Waals surface area contributed by atoms with Crippen molar-refractivity contribution in [2.45, 2.75) is 20.3 Å². The highest BCUT2D eigenvalue weighted by Crippen LogP contribution is 2.30. The van der Waals surface area contributed by atoms with E-state index in [0.717, 1.165) is 11.3 Å². The van der Waals surface area contributed by atoms with Gasteiger partial charge in [0, 0.05) is 4.88 Å². The number of nitrogens with one attached hydrogen (secondary N) is 1. The fourth-order valence-corrected chi connectivity index (χ4v) is 3.11. The molecule has 2 aromatic rings. The molecule has 0 aliphatic carbocycles. The lowest BCUT2D eigenvalue weighted by Gasteiger charge is -2.10. The molecule has 2 rings (SSSR count). The van der Waals surface area contributed by atoms with Crippen LogP contribution in [-0.2, 0) is 16.0 Å². The molecule has 0 fully saturated rings. The summed E-state index contributed by atoms with van der Waals surface area (Å²) in [6.07, 6.45) is 0.769. The monoisotopic (exact) mass is 363 g/mol. The van der Waals surface area contributed by atoms with Crippen LogP contribution in [0.4, 0.5) is 5.00 Å². The number of rotatable bonds is 8. The zero-order valence-corrected chi connectivity index (χ0v) is 15.3. The number of hydrogen-bond acceptors (Lipinski definition) is 6. The van der Waals surface area contributed by atoms with E-state index in [1.165, 1.54) is 18.4 Å². The van der Waals surface area contributed by atoms with E-state index >= 15 is 0 Å². The van der Waals surface area contributed by atoms with E-state index < -0.39 is 5.97 Å². The van der Waals surface area contributed by atoms with E-state index in [9.17, 15) is 9.59 Å². The van der Waals surface area contributed by atoms with Crippen LogP contribution < -0.4 is 14.8 Å². The molecule has 0 bridgehead atoms. The largest absolute Gasteiger partial charge is 0.493 e. The van der Waals surface area contributed by atoms with Gasteiger partial charge in [0.1, 0.15) is 5.00 Å². The van der Waals surface area contributed by atoms with E-state index in [0.29, 0.717) is 22.1 Å². The van der Waals surface area contributed by atoms with Gasteiger partial charge in [0.15, 0.2) is 18.1 Å². The van der Waals surface area contributed by atoms with Crippen LogP contribution in [0.2, 0.25) is 0 Å². The third kappa shape index (κ3) is 4.96. The van der Waals surface area contributed by atoms with E-state index in [-0.39, 0.29) is 19.1 Å². The van der Waals surface area contributed by atoms with Gasteiger partial charge < -0.3 is 19.5 Å². The minimum absolute atomic E-state index is 0.192. The average molecular weight is 363 g/mol. The highest BCUT2D eigenvalue weighted by Gasteiger charge is 2.19. The Labute approximate surface area is 150 Å². The summed E-state index contributed by atoms with van der Waals surface area (Å²) in [5.41, 5.74) is 0.370. The van der Waals surface area contributed by atoms with Gasteiger partial charge in [-0.15, -0.1) is 11.3 Å². The van der Waals surface area contributed by atoms with E-state index in [1.54, 1.807) is 31.2 Å². The summed E-state index contributed by atoms with van der Waals surface area (Å²) < 4.78 is 15.7. The van der Waals surface area contributed by atoms with Crippen LogP contribution >= 0.6 is 11.3 Å². The number of ether oxygens (including phenoxy) is 3. The van der Waals surface area contributed by atoms with Gasteiger partial charge in [0.2, 0.25) is 0 Å². The molecule has 1 amide bonds. The van der Waals surface area contributed by atoms with Crippen molar-refractivity contribution < 1.29 is 23.8 Å². The first-order valence-corrected chi connectivity index (χ1v) is 8.76. The molecule has 7 heteroatoms. The molecule has 1 N–H and O–H groups in total. The number of esters is 1. The lowest BCUT2D eigenvalue weighted by molar-refractivity contribution is -0.118. The third-order valence-corrected chi connectivity index (χ3v) is 4.50. The van der Waals surface area contributed by atoms with Crippen LogP contribution in [-0.4, -0.2) is 32.2 Å². The molecule has 0 atom stereocenters. The quantitative estimate of drug-likeness (QED) is 0.727. The average Bonchev–Trinajstić information content (AvgIpc) is 3.03. The van der Waals surface area contributed by atoms with Crippen molar-refractivity contribution in [3.63, 3.8) is 0 Å². The predicted molar refractivity (Wildman–Crippen MR) is 96.8 cm³/mol. The number of aryl methyl sites for hydroxylation is 1. The summed E-state index contributed by atoms with van der Waals surface area (Å²) in [4.78, 5) is 25.2. The van der Waals surface area contributed by atoms with Crippen LogP contribution in [0.1, 0.15) is 29.1 Å². The first-order chi connectivity index (χ1) is 12.1. The molecule has 0 saturated carbocycles. The summed E-state index contributed by atoms with van der Waals surface area (Å²) in [5.74, 6) is 0.221. The molecule has 6 nitrogen and oxygen atoms in total. The SMILES string of the molecule is CCOC(=O)c1cc(CC)sc1NC(=O)COc1ccccc1OC. The number of thiophene rings is 1. The van der Waals surface area contributed by atoms with Gasteiger partial charge >= 0.3 is 5.97 Å². The van der Waals surface area contributed by atoms with Gasteiger partial charge in [-0.1, -0.05) is 19.1 Å². The molecule has 0 aliphatic heterocycles. The Morgan fingerprint density at radius 1 is 1.16 bits per heavy atom. The van der Waals surface area contributed by atoms with Gasteiger partial charge in [-0.3, -0.25) is 4.79 Å². The van der Waals surface area contributed by atoms with Crippen LogP contribution in [0, 0.1) is 0 Å². The zero-order valence-electron chi connectivity index (χ0n) is 14.5. The number of carbonyl (C=O) groups is 2. The molecule has 0 aliphatic rings. The van der Waals surface area contributed by atoms with Crippen LogP contribution in [0.5, 0.6) is 11.5 Å². The number of hydrogen-bond donors (Lipinski definition) is 1. The normalized spacial score (nSPS) is 10.2. The first-order valence-electron chi connectivity index (χ1n) is 7.94. The molecule has 134 valence electrons. The minimum Gasteiger partial charge on any atom is -0.493 e. The fourth-order valence-electron chi connectivity index (χ4n) is 2.11. The molecule has 0 radical (unpaired) electrons. The lowest BCUT2D eigenvalue weighted by atomic mass is 10.2. The Morgan fingerprint density at radius 2 is 1.88 bits per heavy atom. The highest BCUT2D eigenvalue weighted by molar-refractivity contribution is 7.16.